The van der Waals surface area contributed by atoms with E-state index < -0.39 is 0 Å². The Balaban J connectivity index is 1.80. The molecule has 4 rings (SSSR count). The topological polar surface area (TPSA) is 70.4 Å². The molecule has 0 unspecified atom stereocenters. The minimum atomic E-state index is -0.165. The molecule has 138 valence electrons. The van der Waals surface area contributed by atoms with Gasteiger partial charge in [-0.1, -0.05) is 0 Å². The van der Waals surface area contributed by atoms with Gasteiger partial charge in [0.2, 0.25) is 5.95 Å². The van der Waals surface area contributed by atoms with Gasteiger partial charge in [-0.25, -0.2) is 4.68 Å². The molecule has 3 aromatic rings. The van der Waals surface area contributed by atoms with E-state index in [1.807, 2.05) is 47.1 Å². The van der Waals surface area contributed by atoms with Crippen molar-refractivity contribution >= 4 is 11.6 Å². The molecular weight excluding hydrogens is 344 g/mol. The summed E-state index contributed by atoms with van der Waals surface area (Å²) in [4.78, 5) is 4.34. The largest absolute Gasteiger partial charge is 0.497 e. The maximum Gasteiger partial charge on any atom is 0.226 e. The summed E-state index contributed by atoms with van der Waals surface area (Å²) >= 11 is 0. The zero-order chi connectivity index (χ0) is 18.8. The van der Waals surface area contributed by atoms with Crippen LogP contribution in [0, 0.1) is 0 Å². The Hall–Kier alpha value is -3.48. The minimum absolute atomic E-state index is 0.165. The number of aromatic nitrogens is 3. The number of nitrogens with zero attached hydrogens (tertiary/aromatic N) is 3. The highest BCUT2D eigenvalue weighted by Crippen LogP contribution is 2.37. The monoisotopic (exact) mass is 364 g/mol. The fourth-order valence-electron chi connectivity index (χ4n) is 3.16. The SMILES string of the molecule is COc1ccc(C2=C[C@H](c3ccc(OC)cc3OC)n3ncnc3N2)cc1. The number of hydrogen-bond acceptors (Lipinski definition) is 6. The van der Waals surface area contributed by atoms with Crippen molar-refractivity contribution in [2.45, 2.75) is 6.04 Å². The molecule has 0 saturated carbocycles. The van der Waals surface area contributed by atoms with Crippen molar-refractivity contribution < 1.29 is 14.2 Å². The van der Waals surface area contributed by atoms with Gasteiger partial charge in [0, 0.05) is 17.3 Å². The number of rotatable bonds is 5. The molecule has 0 radical (unpaired) electrons. The molecule has 7 heteroatoms. The summed E-state index contributed by atoms with van der Waals surface area (Å²) in [6, 6.07) is 13.5. The Morgan fingerprint density at radius 3 is 2.37 bits per heavy atom. The van der Waals surface area contributed by atoms with Crippen molar-refractivity contribution in [3.8, 4) is 17.2 Å². The van der Waals surface area contributed by atoms with Gasteiger partial charge >= 0.3 is 0 Å². The fraction of sp³-hybridized carbons (Fsp3) is 0.200. The van der Waals surface area contributed by atoms with E-state index in [4.69, 9.17) is 14.2 Å². The van der Waals surface area contributed by atoms with Crippen molar-refractivity contribution in [3.05, 3.63) is 66.0 Å². The molecule has 2 aromatic carbocycles. The van der Waals surface area contributed by atoms with Crippen LogP contribution in [-0.2, 0) is 0 Å². The Morgan fingerprint density at radius 1 is 0.926 bits per heavy atom. The van der Waals surface area contributed by atoms with Gasteiger partial charge in [-0.3, -0.25) is 0 Å². The Morgan fingerprint density at radius 2 is 1.67 bits per heavy atom. The van der Waals surface area contributed by atoms with Crippen molar-refractivity contribution in [1.82, 2.24) is 14.8 Å². The lowest BCUT2D eigenvalue weighted by Gasteiger charge is -2.25. The van der Waals surface area contributed by atoms with Crippen LogP contribution >= 0.6 is 0 Å². The zero-order valence-corrected chi connectivity index (χ0v) is 15.3. The number of nitrogens with one attached hydrogen (secondary N) is 1. The molecule has 1 aliphatic heterocycles. The van der Waals surface area contributed by atoms with E-state index in [1.54, 1.807) is 21.3 Å². The fourth-order valence-corrected chi connectivity index (χ4v) is 3.16. The third-order valence-electron chi connectivity index (χ3n) is 4.57. The summed E-state index contributed by atoms with van der Waals surface area (Å²) in [5.41, 5.74) is 2.95. The normalized spacial score (nSPS) is 15.4. The summed E-state index contributed by atoms with van der Waals surface area (Å²) in [5, 5.41) is 7.71. The first-order valence-electron chi connectivity index (χ1n) is 8.48. The van der Waals surface area contributed by atoms with E-state index in [-0.39, 0.29) is 6.04 Å². The number of anilines is 1. The Labute approximate surface area is 157 Å². The first kappa shape index (κ1) is 17.0. The number of fused-ring (bicyclic) bond motifs is 1. The van der Waals surface area contributed by atoms with Crippen molar-refractivity contribution in [2.24, 2.45) is 0 Å². The van der Waals surface area contributed by atoms with Gasteiger partial charge in [-0.05, 0) is 48.0 Å². The molecule has 2 heterocycles. The Kier molecular flexibility index (Phi) is 4.42. The number of hydrogen-bond donors (Lipinski definition) is 1. The summed E-state index contributed by atoms with van der Waals surface area (Å²) in [6.45, 7) is 0. The van der Waals surface area contributed by atoms with Gasteiger partial charge in [0.1, 0.15) is 29.6 Å². The van der Waals surface area contributed by atoms with E-state index in [1.165, 1.54) is 6.33 Å². The predicted octanol–water partition coefficient (Wildman–Crippen LogP) is 3.36. The van der Waals surface area contributed by atoms with Gasteiger partial charge in [-0.15, -0.1) is 0 Å². The molecule has 7 nitrogen and oxygen atoms in total. The molecule has 0 amide bonds. The highest BCUT2D eigenvalue weighted by Gasteiger charge is 2.26. The maximum atomic E-state index is 5.60. The van der Waals surface area contributed by atoms with Gasteiger partial charge in [-0.2, -0.15) is 10.1 Å². The van der Waals surface area contributed by atoms with E-state index in [0.29, 0.717) is 5.95 Å². The molecule has 0 bridgehead atoms. The van der Waals surface area contributed by atoms with Crippen LogP contribution < -0.4 is 19.5 Å². The highest BCUT2D eigenvalue weighted by molar-refractivity contribution is 5.77. The second-order valence-corrected chi connectivity index (χ2v) is 6.01. The van der Waals surface area contributed by atoms with Crippen LogP contribution in [0.15, 0.2) is 54.9 Å². The summed E-state index contributed by atoms with van der Waals surface area (Å²) in [5.74, 6) is 2.95. The molecule has 1 atom stereocenters. The summed E-state index contributed by atoms with van der Waals surface area (Å²) in [6.07, 6.45) is 3.64. The van der Waals surface area contributed by atoms with E-state index >= 15 is 0 Å². The van der Waals surface area contributed by atoms with E-state index in [0.717, 1.165) is 34.1 Å². The second-order valence-electron chi connectivity index (χ2n) is 6.01. The predicted molar refractivity (Wildman–Crippen MR) is 102 cm³/mol. The molecule has 1 aromatic heterocycles. The molecule has 1 N–H and O–H groups in total. The number of ether oxygens (including phenoxy) is 3. The van der Waals surface area contributed by atoms with Crippen molar-refractivity contribution in [3.63, 3.8) is 0 Å². The van der Waals surface area contributed by atoms with Crippen LogP contribution in [0.3, 0.4) is 0 Å². The standard InChI is InChI=1S/C20H20N4O3/c1-25-14-6-4-13(5-7-14)17-11-18(24-20(23-17)21-12-22-24)16-9-8-15(26-2)10-19(16)27-3/h4-12,18H,1-3H3,(H,21,22,23)/t18-/m1/s1. The van der Waals surface area contributed by atoms with Crippen LogP contribution in [0.25, 0.3) is 5.70 Å². The lowest BCUT2D eigenvalue weighted by molar-refractivity contribution is 0.387. The molecule has 0 saturated heterocycles. The molecule has 0 aliphatic carbocycles. The lowest BCUT2D eigenvalue weighted by atomic mass is 10.0. The van der Waals surface area contributed by atoms with Gasteiger partial charge in [0.25, 0.3) is 0 Å². The van der Waals surface area contributed by atoms with Crippen LogP contribution in [0.4, 0.5) is 5.95 Å². The second kappa shape index (κ2) is 7.03. The average molecular weight is 364 g/mol. The van der Waals surface area contributed by atoms with E-state index in [9.17, 15) is 0 Å². The quantitative estimate of drug-likeness (QED) is 0.749. The molecule has 27 heavy (non-hydrogen) atoms. The van der Waals surface area contributed by atoms with E-state index in [2.05, 4.69) is 21.5 Å². The summed E-state index contributed by atoms with van der Waals surface area (Å²) < 4.78 is 18.0. The number of methoxy groups -OCH3 is 3. The first-order valence-corrected chi connectivity index (χ1v) is 8.48. The first-order chi connectivity index (χ1) is 13.2. The number of allylic oxidation sites excluding steroid dienone is 1. The van der Waals surface area contributed by atoms with Gasteiger partial charge < -0.3 is 19.5 Å². The lowest BCUT2D eigenvalue weighted by Crippen LogP contribution is -2.20. The Bertz CT molecular complexity index is 979. The van der Waals surface area contributed by atoms with Crippen molar-refractivity contribution in [2.75, 3.05) is 26.6 Å². The summed E-state index contributed by atoms with van der Waals surface area (Å²) in [7, 11) is 4.94. The number of benzene rings is 2. The average Bonchev–Trinajstić information content (AvgIpc) is 3.21. The maximum absolute atomic E-state index is 5.60. The van der Waals surface area contributed by atoms with Crippen LogP contribution in [0.1, 0.15) is 17.2 Å². The molecule has 0 fully saturated rings. The molecule has 0 spiro atoms. The minimum Gasteiger partial charge on any atom is -0.497 e. The molecular formula is C20H20N4O3. The third kappa shape index (κ3) is 3.08. The third-order valence-corrected chi connectivity index (χ3v) is 4.57. The van der Waals surface area contributed by atoms with Gasteiger partial charge in [0.15, 0.2) is 0 Å². The van der Waals surface area contributed by atoms with Crippen LogP contribution in [0.5, 0.6) is 17.2 Å². The zero-order valence-electron chi connectivity index (χ0n) is 15.3. The molecule has 1 aliphatic rings. The van der Waals surface area contributed by atoms with Crippen molar-refractivity contribution in [1.29, 1.82) is 0 Å². The van der Waals surface area contributed by atoms with Crippen LogP contribution in [0.2, 0.25) is 0 Å². The van der Waals surface area contributed by atoms with Crippen LogP contribution in [-0.4, -0.2) is 36.1 Å². The smallest absolute Gasteiger partial charge is 0.226 e. The highest BCUT2D eigenvalue weighted by atomic mass is 16.5. The van der Waals surface area contributed by atoms with Gasteiger partial charge in [0.05, 0.1) is 21.3 Å².